The van der Waals surface area contributed by atoms with Crippen LogP contribution in [-0.2, 0) is 4.79 Å². The predicted octanol–water partition coefficient (Wildman–Crippen LogP) is 4.40. The predicted molar refractivity (Wildman–Crippen MR) is 105 cm³/mol. The Morgan fingerprint density at radius 1 is 1.15 bits per heavy atom. The minimum Gasteiger partial charge on any atom is -0.330 e. The van der Waals surface area contributed by atoms with E-state index >= 15 is 0 Å². The quantitative estimate of drug-likeness (QED) is 0.480. The number of hydrogen-bond donors (Lipinski definition) is 2. The molecule has 0 aliphatic heterocycles. The van der Waals surface area contributed by atoms with Crippen LogP contribution in [0.1, 0.15) is 6.92 Å². The Balaban J connectivity index is 1.50. The summed E-state index contributed by atoms with van der Waals surface area (Å²) in [6.07, 6.45) is 1.56. The third kappa shape index (κ3) is 3.82. The molecule has 0 aliphatic carbocycles. The molecule has 0 bridgehead atoms. The molecule has 0 atom stereocenters. The Morgan fingerprint density at radius 3 is 2.92 bits per heavy atom. The van der Waals surface area contributed by atoms with Gasteiger partial charge in [-0.1, -0.05) is 17.4 Å². The van der Waals surface area contributed by atoms with E-state index in [-0.39, 0.29) is 5.91 Å². The lowest BCUT2D eigenvalue weighted by atomic mass is 10.3. The number of carbonyl (C=O) groups is 1. The summed E-state index contributed by atoms with van der Waals surface area (Å²) < 4.78 is 0.789. The summed E-state index contributed by atoms with van der Waals surface area (Å²) in [6, 6.07) is 9.44. The van der Waals surface area contributed by atoms with E-state index in [4.69, 9.17) is 0 Å². The monoisotopic (exact) mass is 400 g/mol. The number of carbonyl (C=O) groups excluding carboxylic acids is 1. The van der Waals surface area contributed by atoms with Gasteiger partial charge in [-0.2, -0.15) is 0 Å². The van der Waals surface area contributed by atoms with Gasteiger partial charge in [-0.25, -0.2) is 9.97 Å². The molecule has 1 aromatic carbocycles. The molecule has 4 aromatic rings. The zero-order valence-electron chi connectivity index (χ0n) is 13.5. The number of nitrogens with one attached hydrogen (secondary N) is 2. The SMILES string of the molecule is CC(=O)Nc1cccc(Nc2nnc(Sc3ncnc4sccc34)s2)c1. The van der Waals surface area contributed by atoms with Crippen molar-refractivity contribution in [1.29, 1.82) is 0 Å². The van der Waals surface area contributed by atoms with Crippen molar-refractivity contribution < 1.29 is 4.79 Å². The highest BCUT2D eigenvalue weighted by atomic mass is 32.2. The lowest BCUT2D eigenvalue weighted by Crippen LogP contribution is -2.05. The van der Waals surface area contributed by atoms with Crippen molar-refractivity contribution in [3.63, 3.8) is 0 Å². The molecule has 7 nitrogen and oxygen atoms in total. The van der Waals surface area contributed by atoms with Crippen molar-refractivity contribution in [1.82, 2.24) is 20.2 Å². The Kier molecular flexibility index (Phi) is 4.78. The Hall–Kier alpha value is -2.56. The molecule has 0 unspecified atom stereocenters. The Bertz CT molecular complexity index is 1080. The van der Waals surface area contributed by atoms with Gasteiger partial charge in [0.1, 0.15) is 16.2 Å². The van der Waals surface area contributed by atoms with Gasteiger partial charge in [0.2, 0.25) is 11.0 Å². The van der Waals surface area contributed by atoms with E-state index in [1.807, 2.05) is 35.7 Å². The number of fused-ring (bicyclic) bond motifs is 1. The van der Waals surface area contributed by atoms with Crippen LogP contribution >= 0.6 is 34.4 Å². The van der Waals surface area contributed by atoms with Gasteiger partial charge in [0, 0.05) is 23.7 Å². The maximum atomic E-state index is 11.2. The van der Waals surface area contributed by atoms with Crippen LogP contribution in [0.5, 0.6) is 0 Å². The fourth-order valence-electron chi connectivity index (χ4n) is 2.23. The van der Waals surface area contributed by atoms with Crippen LogP contribution in [-0.4, -0.2) is 26.1 Å². The summed E-state index contributed by atoms with van der Waals surface area (Å²) in [5.74, 6) is -0.110. The van der Waals surface area contributed by atoms with Crippen molar-refractivity contribution in [2.75, 3.05) is 10.6 Å². The third-order valence-corrected chi connectivity index (χ3v) is 5.98. The fourth-order valence-corrected chi connectivity index (χ4v) is 4.79. The average molecular weight is 401 g/mol. The zero-order valence-corrected chi connectivity index (χ0v) is 15.9. The number of amides is 1. The van der Waals surface area contributed by atoms with Crippen molar-refractivity contribution in [3.8, 4) is 0 Å². The molecule has 1 amide bonds. The first-order valence-electron chi connectivity index (χ1n) is 7.51. The van der Waals surface area contributed by atoms with Gasteiger partial charge in [0.05, 0.1) is 0 Å². The van der Waals surface area contributed by atoms with Gasteiger partial charge in [-0.05, 0) is 41.4 Å². The van der Waals surface area contributed by atoms with E-state index < -0.39 is 0 Å². The van der Waals surface area contributed by atoms with Crippen molar-refractivity contribution in [3.05, 3.63) is 42.0 Å². The second-order valence-electron chi connectivity index (χ2n) is 5.18. The first-order chi connectivity index (χ1) is 12.7. The highest BCUT2D eigenvalue weighted by Crippen LogP contribution is 2.36. The molecule has 130 valence electrons. The summed E-state index contributed by atoms with van der Waals surface area (Å²) in [7, 11) is 0. The standard InChI is InChI=1S/C16H12N6OS3/c1-9(23)19-10-3-2-4-11(7-10)20-15-21-22-16(26-15)25-14-12-5-6-24-13(12)17-8-18-14/h2-8H,1H3,(H,19,23)(H,20,21). The normalized spacial score (nSPS) is 10.8. The van der Waals surface area contributed by atoms with E-state index in [0.717, 1.165) is 31.0 Å². The van der Waals surface area contributed by atoms with Crippen molar-refractivity contribution in [2.24, 2.45) is 0 Å². The molecule has 26 heavy (non-hydrogen) atoms. The van der Waals surface area contributed by atoms with Gasteiger partial charge in [0.15, 0.2) is 4.34 Å². The van der Waals surface area contributed by atoms with Gasteiger partial charge < -0.3 is 10.6 Å². The van der Waals surface area contributed by atoms with Gasteiger partial charge >= 0.3 is 0 Å². The molecule has 3 aromatic heterocycles. The smallest absolute Gasteiger partial charge is 0.221 e. The van der Waals surface area contributed by atoms with Gasteiger partial charge in [0.25, 0.3) is 0 Å². The fraction of sp³-hybridized carbons (Fsp3) is 0.0625. The molecule has 0 spiro atoms. The second-order valence-corrected chi connectivity index (χ2v) is 8.29. The summed E-state index contributed by atoms with van der Waals surface area (Å²) in [5.41, 5.74) is 1.55. The molecule has 4 rings (SSSR count). The lowest BCUT2D eigenvalue weighted by Gasteiger charge is -2.05. The van der Waals surface area contributed by atoms with E-state index in [9.17, 15) is 4.79 Å². The summed E-state index contributed by atoms with van der Waals surface area (Å²) in [4.78, 5) is 20.7. The van der Waals surface area contributed by atoms with Crippen LogP contribution in [0.2, 0.25) is 0 Å². The van der Waals surface area contributed by atoms with Crippen LogP contribution in [0.15, 0.2) is 51.4 Å². The van der Waals surface area contributed by atoms with Crippen molar-refractivity contribution in [2.45, 2.75) is 16.3 Å². The first-order valence-corrected chi connectivity index (χ1v) is 10.0. The number of hydrogen-bond acceptors (Lipinski definition) is 9. The van der Waals surface area contributed by atoms with E-state index in [1.54, 1.807) is 17.7 Å². The number of anilines is 3. The van der Waals surface area contributed by atoms with E-state index in [0.29, 0.717) is 5.13 Å². The van der Waals surface area contributed by atoms with Gasteiger partial charge in [-0.15, -0.1) is 21.5 Å². The number of nitrogens with zero attached hydrogens (tertiary/aromatic N) is 4. The molecule has 10 heteroatoms. The molecule has 2 N–H and O–H groups in total. The van der Waals surface area contributed by atoms with E-state index in [1.165, 1.54) is 30.0 Å². The van der Waals surface area contributed by atoms with Gasteiger partial charge in [-0.3, -0.25) is 4.79 Å². The number of rotatable bonds is 5. The Labute approximate surface area is 160 Å². The highest BCUT2D eigenvalue weighted by molar-refractivity contribution is 8.01. The molecular weight excluding hydrogens is 388 g/mol. The number of aromatic nitrogens is 4. The largest absolute Gasteiger partial charge is 0.330 e. The molecule has 0 saturated heterocycles. The molecule has 0 fully saturated rings. The second kappa shape index (κ2) is 7.36. The summed E-state index contributed by atoms with van der Waals surface area (Å²) in [6.45, 7) is 1.48. The zero-order chi connectivity index (χ0) is 17.9. The lowest BCUT2D eigenvalue weighted by molar-refractivity contribution is -0.114. The number of thiophene rings is 1. The third-order valence-electron chi connectivity index (χ3n) is 3.25. The average Bonchev–Trinajstić information content (AvgIpc) is 3.24. The minimum absolute atomic E-state index is 0.110. The maximum absolute atomic E-state index is 11.2. The minimum atomic E-state index is -0.110. The molecule has 0 aliphatic rings. The van der Waals surface area contributed by atoms with Crippen molar-refractivity contribution >= 4 is 67.1 Å². The number of benzene rings is 1. The molecule has 0 radical (unpaired) electrons. The van der Waals surface area contributed by atoms with Crippen LogP contribution in [0.3, 0.4) is 0 Å². The van der Waals surface area contributed by atoms with Crippen LogP contribution in [0.25, 0.3) is 10.2 Å². The topological polar surface area (TPSA) is 92.7 Å². The summed E-state index contributed by atoms with van der Waals surface area (Å²) in [5, 5.41) is 18.9. The molecule has 3 heterocycles. The van der Waals surface area contributed by atoms with Crippen LogP contribution < -0.4 is 10.6 Å². The first kappa shape index (κ1) is 16.9. The van der Waals surface area contributed by atoms with E-state index in [2.05, 4.69) is 30.8 Å². The molecule has 0 saturated carbocycles. The maximum Gasteiger partial charge on any atom is 0.221 e. The highest BCUT2D eigenvalue weighted by Gasteiger charge is 2.11. The van der Waals surface area contributed by atoms with Crippen LogP contribution in [0.4, 0.5) is 16.5 Å². The summed E-state index contributed by atoms with van der Waals surface area (Å²) >= 11 is 4.49. The molecular formula is C16H12N6OS3. The Morgan fingerprint density at radius 2 is 2.04 bits per heavy atom. The van der Waals surface area contributed by atoms with Crippen LogP contribution in [0, 0.1) is 0 Å².